The molecule has 2 aliphatic rings. The Hall–Kier alpha value is 0.495. The summed E-state index contributed by atoms with van der Waals surface area (Å²) in [6.45, 7) is 12.1. The zero-order valence-corrected chi connectivity index (χ0v) is 34.3. The molecule has 2 fully saturated rings. The number of hydrogen-bond donors (Lipinski definition) is 0. The highest BCUT2D eigenvalue weighted by molar-refractivity contribution is 6.82. The fraction of sp³-hybridized carbons (Fsp3) is 0.944. The van der Waals surface area contributed by atoms with Crippen LogP contribution < -0.4 is 0 Å². The minimum absolute atomic E-state index is 0.146. The molecule has 248 valence electrons. The molecule has 11 nitrogen and oxygen atoms in total. The van der Waals surface area contributed by atoms with Crippen LogP contribution in [-0.2, 0) is 42.5 Å². The molecule has 0 N–H and O–H groups in total. The van der Waals surface area contributed by atoms with Crippen LogP contribution in [0, 0.1) is 0 Å². The van der Waals surface area contributed by atoms with Crippen LogP contribution >= 0.6 is 0 Å². The second kappa shape index (κ2) is 16.4. The molecule has 2 heterocycles. The van der Waals surface area contributed by atoms with Crippen molar-refractivity contribution in [2.45, 2.75) is 89.3 Å². The number of carbonyl (C=O) groups excluding carboxylic acids is 1. The van der Waals surface area contributed by atoms with Gasteiger partial charge in [0.15, 0.2) is 6.86 Å². The first-order valence-corrected chi connectivity index (χ1v) is 31.5. The number of alkyl halides is 5. The number of halogens is 5. The Labute approximate surface area is 256 Å². The van der Waals surface area contributed by atoms with Crippen LogP contribution in [0.1, 0.15) is 12.8 Å². The quantitative estimate of drug-likeness (QED) is 0.231. The second-order valence-corrected chi connectivity index (χ2v) is 31.0. The molecule has 2 aliphatic heterocycles. The zero-order valence-electron chi connectivity index (χ0n) is 25.3. The van der Waals surface area contributed by atoms with E-state index in [-0.39, 0.29) is 25.9 Å². The third-order valence-electron chi connectivity index (χ3n) is 6.49. The summed E-state index contributed by atoms with van der Waals surface area (Å²) in [5, 5.41) is 0. The van der Waals surface area contributed by atoms with E-state index in [4.69, 9.17) is 32.9 Å². The number of hydrogen-bond acceptors (Lipinski definition) is 10. The summed E-state index contributed by atoms with van der Waals surface area (Å²) in [6.07, 6.45) is -5.50. The van der Waals surface area contributed by atoms with E-state index in [2.05, 4.69) is 4.74 Å². The molecule has 1 amide bonds. The highest BCUT2D eigenvalue weighted by atomic mass is 28.5. The predicted octanol–water partition coefficient (Wildman–Crippen LogP) is 2.17. The van der Waals surface area contributed by atoms with E-state index >= 15 is 4.39 Å². The second-order valence-electron chi connectivity index (χ2n) is 10.5. The number of carbonyl (C=O) groups is 1. The zero-order chi connectivity index (χ0) is 31.9. The van der Waals surface area contributed by atoms with E-state index < -0.39 is 97.6 Å². The molecular formula is C18H44F5NO10Si8. The number of ether oxygens (including phenoxy) is 1. The van der Waals surface area contributed by atoms with Gasteiger partial charge in [0, 0.05) is 13.1 Å². The lowest BCUT2D eigenvalue weighted by atomic mass is 10.2. The summed E-state index contributed by atoms with van der Waals surface area (Å²) in [4.78, 5) is 13.7. The van der Waals surface area contributed by atoms with Crippen LogP contribution in [-0.4, -0.2) is 116 Å². The van der Waals surface area contributed by atoms with Crippen molar-refractivity contribution in [1.29, 1.82) is 0 Å². The van der Waals surface area contributed by atoms with Crippen molar-refractivity contribution in [1.82, 2.24) is 4.90 Å². The van der Waals surface area contributed by atoms with Crippen LogP contribution in [0.5, 0.6) is 0 Å². The first-order valence-electron chi connectivity index (χ1n) is 13.9. The maximum atomic E-state index is 15.0. The Balaban J connectivity index is 2.18. The number of amides is 1. The largest absolute Gasteiger partial charge is 0.458 e. The van der Waals surface area contributed by atoms with E-state index in [1.54, 1.807) is 0 Å². The molecule has 5 unspecified atom stereocenters. The molecule has 0 aromatic rings. The van der Waals surface area contributed by atoms with Gasteiger partial charge < -0.3 is 37.8 Å². The van der Waals surface area contributed by atoms with E-state index in [0.29, 0.717) is 12.1 Å². The summed E-state index contributed by atoms with van der Waals surface area (Å²) < 4.78 is 121. The van der Waals surface area contributed by atoms with Crippen molar-refractivity contribution in [3.8, 4) is 0 Å². The molecule has 0 saturated carbocycles. The topological polar surface area (TPSA) is 103 Å². The van der Waals surface area contributed by atoms with Crippen LogP contribution in [0.15, 0.2) is 0 Å². The van der Waals surface area contributed by atoms with Gasteiger partial charge in [-0.1, -0.05) is 0 Å². The van der Waals surface area contributed by atoms with Gasteiger partial charge in [0.25, 0.3) is 61.6 Å². The third-order valence-corrected chi connectivity index (χ3v) is 34.6. The fourth-order valence-corrected chi connectivity index (χ4v) is 34.3. The summed E-state index contributed by atoms with van der Waals surface area (Å²) in [5.41, 5.74) is 0. The lowest BCUT2D eigenvalue weighted by Crippen LogP contribution is -2.57. The normalized spacial score (nSPS) is 36.7. The van der Waals surface area contributed by atoms with Gasteiger partial charge >= 0.3 is 29.2 Å². The van der Waals surface area contributed by atoms with Crippen molar-refractivity contribution < 1.29 is 64.4 Å². The molecule has 0 aromatic carbocycles. The molecule has 0 aromatic heterocycles. The molecule has 0 bridgehead atoms. The lowest BCUT2D eigenvalue weighted by Gasteiger charge is -2.38. The van der Waals surface area contributed by atoms with E-state index in [1.165, 1.54) is 0 Å². The minimum Gasteiger partial charge on any atom is -0.420 e. The molecule has 42 heavy (non-hydrogen) atoms. The maximum Gasteiger partial charge on any atom is 0.458 e. The molecule has 0 radical (unpaired) electrons. The van der Waals surface area contributed by atoms with Gasteiger partial charge in [0.1, 0.15) is 0 Å². The minimum atomic E-state index is -5.79. The van der Waals surface area contributed by atoms with Gasteiger partial charge in [-0.3, -0.25) is 9.53 Å². The Kier molecular flexibility index (Phi) is 15.1. The van der Waals surface area contributed by atoms with Gasteiger partial charge in [0.2, 0.25) is 0 Å². The van der Waals surface area contributed by atoms with E-state index in [0.717, 1.165) is 4.90 Å². The maximum absolute atomic E-state index is 15.0. The molecule has 0 aliphatic carbocycles. The Morgan fingerprint density at radius 2 is 1.02 bits per heavy atom. The molecule has 2 saturated heterocycles. The Bertz CT molecular complexity index is 804. The van der Waals surface area contributed by atoms with Gasteiger partial charge in [-0.25, -0.2) is 4.39 Å². The molecule has 24 heteroatoms. The van der Waals surface area contributed by atoms with Gasteiger partial charge in [0.05, 0.1) is 0 Å². The van der Waals surface area contributed by atoms with Crippen molar-refractivity contribution in [2.75, 3.05) is 20.0 Å². The van der Waals surface area contributed by atoms with Crippen molar-refractivity contribution in [3.63, 3.8) is 0 Å². The molecular weight excluding hydrogens is 710 g/mol. The summed E-state index contributed by atoms with van der Waals surface area (Å²) in [5.74, 6) is -6.85. The first kappa shape index (κ1) is 38.7. The standard InChI is InChI=1S/C18H44F5NO10Si8/c1-35-27-37(3)31-41(7,32-38(4)28-35)13-9-11-24(16(25)17(20,26-15-19)18(21,22)23)12-10-14-42(8)33-39(5)29-36(2)30-40(6)34-42/h35-40H,9-15H2,1-8H3. The molecule has 5 atom stereocenters. The Morgan fingerprint density at radius 3 is 1.31 bits per heavy atom. The smallest absolute Gasteiger partial charge is 0.420 e. The van der Waals surface area contributed by atoms with E-state index in [1.807, 2.05) is 52.4 Å². The summed E-state index contributed by atoms with van der Waals surface area (Å²) >= 11 is 0. The SMILES string of the molecule is C[SiH]1O[SiH](C)O[Si](C)(CCCN(CCC[Si]2(C)O[SiH](C)O[SiH](C)O[SiH](C)O2)C(=O)C(F)(OCF)C(F)(F)F)O[SiH](C)O1. The van der Waals surface area contributed by atoms with Crippen molar-refractivity contribution in [2.24, 2.45) is 0 Å². The highest BCUT2D eigenvalue weighted by Gasteiger charge is 2.65. The molecule has 2 rings (SSSR count). The van der Waals surface area contributed by atoms with Crippen molar-refractivity contribution >= 4 is 78.7 Å². The summed E-state index contributed by atoms with van der Waals surface area (Å²) in [6, 6.07) is 0.593. The first-order chi connectivity index (χ1) is 19.3. The lowest BCUT2D eigenvalue weighted by molar-refractivity contribution is -0.326. The number of rotatable bonds is 11. The molecule has 0 spiro atoms. The van der Waals surface area contributed by atoms with Crippen LogP contribution in [0.2, 0.25) is 64.5 Å². The van der Waals surface area contributed by atoms with Crippen LogP contribution in [0.25, 0.3) is 0 Å². The monoisotopic (exact) mass is 753 g/mol. The van der Waals surface area contributed by atoms with Crippen molar-refractivity contribution in [3.05, 3.63) is 0 Å². The number of nitrogens with zero attached hydrogens (tertiary/aromatic N) is 1. The van der Waals surface area contributed by atoms with Gasteiger partial charge in [-0.15, -0.1) is 0 Å². The predicted molar refractivity (Wildman–Crippen MR) is 162 cm³/mol. The fourth-order valence-electron chi connectivity index (χ4n) is 4.99. The average Bonchev–Trinajstić information content (AvgIpc) is 2.79. The average molecular weight is 754 g/mol. The third kappa shape index (κ3) is 11.7. The van der Waals surface area contributed by atoms with E-state index in [9.17, 15) is 22.4 Å². The van der Waals surface area contributed by atoms with Gasteiger partial charge in [-0.05, 0) is 77.3 Å². The summed E-state index contributed by atoms with van der Waals surface area (Å²) in [7, 11) is -17.8. The van der Waals surface area contributed by atoms with Crippen LogP contribution in [0.3, 0.4) is 0 Å². The van der Waals surface area contributed by atoms with Gasteiger partial charge in [-0.2, -0.15) is 17.6 Å². The Morgan fingerprint density at radius 1 is 0.690 bits per heavy atom. The highest BCUT2D eigenvalue weighted by Crippen LogP contribution is 2.37. The van der Waals surface area contributed by atoms with Crippen LogP contribution in [0.4, 0.5) is 22.0 Å².